The minimum Gasteiger partial charge on any atom is -0.285 e. The van der Waals surface area contributed by atoms with Crippen LogP contribution in [0.4, 0.5) is 0 Å². The Morgan fingerprint density at radius 2 is 2.27 bits per heavy atom. The second-order valence-corrected chi connectivity index (χ2v) is 1.97. The van der Waals surface area contributed by atoms with E-state index in [0.29, 0.717) is 0 Å². The molecule has 0 saturated carbocycles. The Labute approximate surface area is 72.0 Å². The number of rotatable bonds is 1. The molecule has 0 atom stereocenters. The molecule has 1 aromatic rings. The second kappa shape index (κ2) is 5.80. The molecule has 0 aliphatic rings. The highest BCUT2D eigenvalue weighted by atomic mass is 32.1. The summed E-state index contributed by atoms with van der Waals surface area (Å²) in [7, 11) is 0. The molecule has 0 fully saturated rings. The van der Waals surface area contributed by atoms with Crippen molar-refractivity contribution >= 4 is 18.3 Å². The van der Waals surface area contributed by atoms with Gasteiger partial charge in [-0.25, -0.2) is 0 Å². The number of nitrogens with zero attached hydrogens (tertiary/aromatic N) is 1. The lowest BCUT2D eigenvalue weighted by Crippen LogP contribution is -1.83. The maximum Gasteiger partial charge on any atom is 0.101 e. The maximum atomic E-state index is 4.90. The fraction of sp³-hybridized carbons (Fsp3) is 0.250. The third-order valence-electron chi connectivity index (χ3n) is 0.940. The van der Waals surface area contributed by atoms with Gasteiger partial charge in [-0.3, -0.25) is 5.10 Å². The van der Waals surface area contributed by atoms with E-state index in [1.807, 2.05) is 13.8 Å². The van der Waals surface area contributed by atoms with Gasteiger partial charge in [0.1, 0.15) is 5.69 Å². The zero-order valence-electron chi connectivity index (χ0n) is 6.79. The molecular formula is C8H12N2S. The standard InChI is InChI=1S/C6H6N2S.C2H6/c1-2-5-6(9)3-4-7-8-5;1-2/h2-4H,1H2,(H,7,9);1-2H3. The van der Waals surface area contributed by atoms with Crippen LogP contribution in [-0.2, 0) is 0 Å². The van der Waals surface area contributed by atoms with Gasteiger partial charge in [0, 0.05) is 6.20 Å². The van der Waals surface area contributed by atoms with Gasteiger partial charge in [-0.05, 0) is 12.1 Å². The van der Waals surface area contributed by atoms with Crippen molar-refractivity contribution in [2.45, 2.75) is 13.8 Å². The zero-order valence-corrected chi connectivity index (χ0v) is 7.61. The summed E-state index contributed by atoms with van der Waals surface area (Å²) in [5.74, 6) is 0. The van der Waals surface area contributed by atoms with Gasteiger partial charge >= 0.3 is 0 Å². The van der Waals surface area contributed by atoms with Crippen molar-refractivity contribution in [2.24, 2.45) is 0 Å². The lowest BCUT2D eigenvalue weighted by Gasteiger charge is -1.87. The zero-order chi connectivity index (χ0) is 8.69. The minimum atomic E-state index is 0.726. The topological polar surface area (TPSA) is 28.7 Å². The summed E-state index contributed by atoms with van der Waals surface area (Å²) in [4.78, 5) is 0. The molecule has 0 unspecified atom stereocenters. The molecule has 0 aromatic carbocycles. The molecule has 0 bridgehead atoms. The monoisotopic (exact) mass is 168 g/mol. The van der Waals surface area contributed by atoms with Gasteiger partial charge in [-0.2, -0.15) is 5.10 Å². The first-order valence-electron chi connectivity index (χ1n) is 3.51. The summed E-state index contributed by atoms with van der Waals surface area (Å²) in [5, 5.41) is 6.51. The third-order valence-corrected chi connectivity index (χ3v) is 1.29. The molecule has 1 heterocycles. The van der Waals surface area contributed by atoms with Crippen LogP contribution in [0.15, 0.2) is 18.8 Å². The van der Waals surface area contributed by atoms with E-state index in [1.54, 1.807) is 18.3 Å². The number of aromatic amines is 1. The number of hydrogen-bond donors (Lipinski definition) is 1. The van der Waals surface area contributed by atoms with Crippen LogP contribution >= 0.6 is 12.2 Å². The summed E-state index contributed by atoms with van der Waals surface area (Å²) in [6, 6.07) is 1.78. The Morgan fingerprint density at radius 3 is 2.64 bits per heavy atom. The predicted molar refractivity (Wildman–Crippen MR) is 50.9 cm³/mol. The van der Waals surface area contributed by atoms with Crippen molar-refractivity contribution in [3.05, 3.63) is 29.0 Å². The van der Waals surface area contributed by atoms with Gasteiger partial charge in [-0.1, -0.05) is 32.6 Å². The van der Waals surface area contributed by atoms with E-state index in [1.165, 1.54) is 0 Å². The van der Waals surface area contributed by atoms with Crippen molar-refractivity contribution in [1.82, 2.24) is 10.2 Å². The van der Waals surface area contributed by atoms with E-state index in [2.05, 4.69) is 16.8 Å². The van der Waals surface area contributed by atoms with Crippen molar-refractivity contribution in [2.75, 3.05) is 0 Å². The van der Waals surface area contributed by atoms with Crippen LogP contribution < -0.4 is 0 Å². The number of nitrogens with one attached hydrogen (secondary N) is 1. The Morgan fingerprint density at radius 1 is 1.64 bits per heavy atom. The lowest BCUT2D eigenvalue weighted by molar-refractivity contribution is 1.01. The molecular weight excluding hydrogens is 156 g/mol. The molecule has 3 heteroatoms. The van der Waals surface area contributed by atoms with E-state index < -0.39 is 0 Å². The molecule has 0 amide bonds. The normalized spacial score (nSPS) is 7.82. The Hall–Kier alpha value is -0.960. The van der Waals surface area contributed by atoms with Crippen molar-refractivity contribution in [1.29, 1.82) is 0 Å². The van der Waals surface area contributed by atoms with Crippen LogP contribution in [0.3, 0.4) is 0 Å². The second-order valence-electron chi connectivity index (χ2n) is 1.53. The average molecular weight is 168 g/mol. The minimum absolute atomic E-state index is 0.726. The Balaban J connectivity index is 0.000000461. The first kappa shape index (κ1) is 10.0. The van der Waals surface area contributed by atoms with Gasteiger partial charge in [0.15, 0.2) is 0 Å². The quantitative estimate of drug-likeness (QED) is 0.653. The van der Waals surface area contributed by atoms with Crippen LogP contribution in [0, 0.1) is 4.51 Å². The predicted octanol–water partition coefficient (Wildman–Crippen LogP) is 2.81. The molecule has 0 aliphatic carbocycles. The molecule has 2 nitrogen and oxygen atoms in total. The number of H-pyrrole nitrogens is 1. The van der Waals surface area contributed by atoms with Gasteiger partial charge in [-0.15, -0.1) is 0 Å². The first-order valence-corrected chi connectivity index (χ1v) is 3.92. The fourth-order valence-corrected chi connectivity index (χ4v) is 0.703. The molecule has 11 heavy (non-hydrogen) atoms. The third kappa shape index (κ3) is 3.09. The molecule has 0 aliphatic heterocycles. The molecule has 1 N–H and O–H groups in total. The van der Waals surface area contributed by atoms with Crippen molar-refractivity contribution < 1.29 is 0 Å². The first-order chi connectivity index (χ1) is 5.34. The van der Waals surface area contributed by atoms with Crippen molar-refractivity contribution in [3.63, 3.8) is 0 Å². The Kier molecular flexibility index (Phi) is 5.29. The SMILES string of the molecule is C=Cc1n[nH]ccc1=S.CC. The van der Waals surface area contributed by atoms with Crippen molar-refractivity contribution in [3.8, 4) is 0 Å². The molecule has 60 valence electrons. The van der Waals surface area contributed by atoms with Crippen LogP contribution in [-0.4, -0.2) is 10.2 Å². The average Bonchev–Trinajstić information content (AvgIpc) is 2.09. The van der Waals surface area contributed by atoms with Gasteiger partial charge in [0.05, 0.1) is 4.51 Å². The Bertz CT molecular complexity index is 265. The molecule has 0 radical (unpaired) electrons. The smallest absolute Gasteiger partial charge is 0.101 e. The van der Waals surface area contributed by atoms with Crippen LogP contribution in [0.25, 0.3) is 6.08 Å². The van der Waals surface area contributed by atoms with Crippen LogP contribution in [0.1, 0.15) is 19.5 Å². The lowest BCUT2D eigenvalue weighted by atomic mass is 10.4. The molecule has 0 spiro atoms. The van der Waals surface area contributed by atoms with E-state index in [-0.39, 0.29) is 0 Å². The summed E-state index contributed by atoms with van der Waals surface area (Å²) < 4.78 is 0.726. The summed E-state index contributed by atoms with van der Waals surface area (Å²) in [5.41, 5.74) is 0.729. The van der Waals surface area contributed by atoms with Gasteiger partial charge in [0.2, 0.25) is 0 Å². The summed E-state index contributed by atoms with van der Waals surface area (Å²) in [6.07, 6.45) is 3.31. The maximum absolute atomic E-state index is 4.90. The largest absolute Gasteiger partial charge is 0.285 e. The van der Waals surface area contributed by atoms with E-state index in [0.717, 1.165) is 10.2 Å². The van der Waals surface area contributed by atoms with E-state index in [4.69, 9.17) is 12.2 Å². The molecule has 1 rings (SSSR count). The van der Waals surface area contributed by atoms with E-state index >= 15 is 0 Å². The number of hydrogen-bond acceptors (Lipinski definition) is 2. The summed E-state index contributed by atoms with van der Waals surface area (Å²) >= 11 is 4.90. The molecule has 1 aromatic heterocycles. The van der Waals surface area contributed by atoms with Crippen LogP contribution in [0.2, 0.25) is 0 Å². The summed E-state index contributed by atoms with van der Waals surface area (Å²) in [6.45, 7) is 7.54. The molecule has 0 saturated heterocycles. The highest BCUT2D eigenvalue weighted by Crippen LogP contribution is 1.95. The van der Waals surface area contributed by atoms with Crippen LogP contribution in [0.5, 0.6) is 0 Å². The number of aromatic nitrogens is 2. The highest BCUT2D eigenvalue weighted by Gasteiger charge is 1.85. The fourth-order valence-electron chi connectivity index (χ4n) is 0.506. The van der Waals surface area contributed by atoms with Gasteiger partial charge in [0.25, 0.3) is 0 Å². The van der Waals surface area contributed by atoms with Gasteiger partial charge < -0.3 is 0 Å². The highest BCUT2D eigenvalue weighted by molar-refractivity contribution is 7.71. The van der Waals surface area contributed by atoms with E-state index in [9.17, 15) is 0 Å².